The number of amidine groups is 1. The fraction of sp³-hybridized carbons (Fsp3) is 0.278. The highest BCUT2D eigenvalue weighted by Crippen LogP contribution is 2.28. The van der Waals surface area contributed by atoms with Crippen molar-refractivity contribution in [1.82, 2.24) is 9.88 Å². The number of rotatable bonds is 1. The highest BCUT2D eigenvalue weighted by atomic mass is 32.2. The summed E-state index contributed by atoms with van der Waals surface area (Å²) in [4.78, 5) is 8.82. The molecular weight excluding hydrogens is 350 g/mol. The van der Waals surface area contributed by atoms with Crippen LogP contribution in [0.5, 0.6) is 0 Å². The zero-order valence-corrected chi connectivity index (χ0v) is 14.9. The van der Waals surface area contributed by atoms with Gasteiger partial charge in [0.1, 0.15) is 16.8 Å². The van der Waals surface area contributed by atoms with Gasteiger partial charge in [-0.1, -0.05) is 12.1 Å². The molecule has 0 amide bonds. The number of fused-ring (bicyclic) bond motifs is 1. The molecular formula is C18H17N5O2S. The minimum Gasteiger partial charge on any atom is -0.355 e. The molecule has 2 aromatic rings. The second-order valence-electron chi connectivity index (χ2n) is 6.23. The minimum absolute atomic E-state index is 0.282. The molecule has 0 atom stereocenters. The molecule has 2 aliphatic rings. The predicted molar refractivity (Wildman–Crippen MR) is 97.5 cm³/mol. The van der Waals surface area contributed by atoms with Crippen LogP contribution in [-0.2, 0) is 10.0 Å². The molecule has 8 heteroatoms. The Kier molecular flexibility index (Phi) is 4.09. The monoisotopic (exact) mass is 367 g/mol. The molecule has 1 aromatic heterocycles. The summed E-state index contributed by atoms with van der Waals surface area (Å²) < 4.78 is 28.6. The Morgan fingerprint density at radius 2 is 1.77 bits per heavy atom. The van der Waals surface area contributed by atoms with Crippen molar-refractivity contribution in [3.05, 3.63) is 53.7 Å². The van der Waals surface area contributed by atoms with Gasteiger partial charge in [-0.05, 0) is 30.7 Å². The van der Waals surface area contributed by atoms with Crippen LogP contribution in [0.25, 0.3) is 0 Å². The van der Waals surface area contributed by atoms with Crippen LogP contribution in [0.2, 0.25) is 0 Å². The Morgan fingerprint density at radius 1 is 1.00 bits per heavy atom. The van der Waals surface area contributed by atoms with E-state index in [1.807, 2.05) is 23.1 Å². The van der Waals surface area contributed by atoms with Gasteiger partial charge in [-0.3, -0.25) is 0 Å². The number of hydrogen-bond acceptors (Lipinski definition) is 6. The van der Waals surface area contributed by atoms with E-state index >= 15 is 0 Å². The minimum atomic E-state index is -3.60. The number of nitrogens with zero attached hydrogens (tertiary/aromatic N) is 5. The number of sulfonamides is 1. The first-order valence-electron chi connectivity index (χ1n) is 8.39. The summed E-state index contributed by atoms with van der Waals surface area (Å²) in [5, 5.41) is 8.89. The van der Waals surface area contributed by atoms with Crippen LogP contribution >= 0.6 is 0 Å². The SMILES string of the molecule is N#Cc1ccc(N2CCCN(C3=NS(=O)(=O)c4ccccc43)CC2)nc1. The molecule has 0 radical (unpaired) electrons. The maximum Gasteiger partial charge on any atom is 0.285 e. The Labute approximate surface area is 152 Å². The summed E-state index contributed by atoms with van der Waals surface area (Å²) in [6.45, 7) is 2.91. The van der Waals surface area contributed by atoms with Crippen LogP contribution in [0.15, 0.2) is 51.9 Å². The summed E-state index contributed by atoms with van der Waals surface area (Å²) in [7, 11) is -3.60. The topological polar surface area (TPSA) is 89.7 Å². The van der Waals surface area contributed by atoms with E-state index < -0.39 is 10.0 Å². The Bertz CT molecular complexity index is 1010. The zero-order chi connectivity index (χ0) is 18.1. The molecule has 0 bridgehead atoms. The molecule has 0 N–H and O–H groups in total. The third-order valence-electron chi connectivity index (χ3n) is 4.61. The van der Waals surface area contributed by atoms with E-state index in [-0.39, 0.29) is 4.90 Å². The third-order valence-corrected chi connectivity index (χ3v) is 5.93. The standard InChI is InChI=1S/C18H17N5O2S/c19-12-14-6-7-17(20-13-14)22-8-3-9-23(11-10-22)18-15-4-1-2-5-16(15)26(24,25)21-18/h1-2,4-7,13H,3,8-11H2. The van der Waals surface area contributed by atoms with E-state index in [2.05, 4.69) is 20.4 Å². The lowest BCUT2D eigenvalue weighted by Crippen LogP contribution is -2.35. The normalized spacial score (nSPS) is 18.7. The van der Waals surface area contributed by atoms with Crippen molar-refractivity contribution in [3.8, 4) is 6.07 Å². The van der Waals surface area contributed by atoms with Crippen LogP contribution in [-0.4, -0.2) is 50.3 Å². The van der Waals surface area contributed by atoms with Crippen LogP contribution in [0.3, 0.4) is 0 Å². The van der Waals surface area contributed by atoms with E-state index in [1.54, 1.807) is 24.4 Å². The summed E-state index contributed by atoms with van der Waals surface area (Å²) in [5.41, 5.74) is 1.21. The van der Waals surface area contributed by atoms with Gasteiger partial charge in [0.05, 0.1) is 5.56 Å². The molecule has 26 heavy (non-hydrogen) atoms. The molecule has 1 saturated heterocycles. The first-order chi connectivity index (χ1) is 12.6. The van der Waals surface area contributed by atoms with E-state index in [4.69, 9.17) is 5.26 Å². The van der Waals surface area contributed by atoms with Gasteiger partial charge in [-0.25, -0.2) is 4.98 Å². The third kappa shape index (κ3) is 2.91. The summed E-state index contributed by atoms with van der Waals surface area (Å²) in [5.74, 6) is 1.36. The molecule has 132 valence electrons. The molecule has 1 fully saturated rings. The van der Waals surface area contributed by atoms with Crippen molar-refractivity contribution in [2.45, 2.75) is 11.3 Å². The highest BCUT2D eigenvalue weighted by molar-refractivity contribution is 7.90. The number of nitriles is 1. The maximum atomic E-state index is 12.3. The predicted octanol–water partition coefficient (Wildman–Crippen LogP) is 1.61. The fourth-order valence-electron chi connectivity index (χ4n) is 3.31. The second kappa shape index (κ2) is 6.42. The lowest BCUT2D eigenvalue weighted by Gasteiger charge is -2.24. The van der Waals surface area contributed by atoms with Crippen molar-refractivity contribution < 1.29 is 8.42 Å². The van der Waals surface area contributed by atoms with Crippen molar-refractivity contribution in [2.75, 3.05) is 31.1 Å². The molecule has 4 rings (SSSR count). The average molecular weight is 367 g/mol. The largest absolute Gasteiger partial charge is 0.355 e. The van der Waals surface area contributed by atoms with Gasteiger partial charge in [0.25, 0.3) is 10.0 Å². The number of hydrogen-bond donors (Lipinski definition) is 0. The first kappa shape index (κ1) is 16.5. The van der Waals surface area contributed by atoms with E-state index in [0.29, 0.717) is 30.1 Å². The smallest absolute Gasteiger partial charge is 0.285 e. The van der Waals surface area contributed by atoms with Crippen LogP contribution < -0.4 is 4.90 Å². The van der Waals surface area contributed by atoms with Crippen LogP contribution in [0, 0.1) is 11.3 Å². The zero-order valence-electron chi connectivity index (χ0n) is 14.0. The highest BCUT2D eigenvalue weighted by Gasteiger charge is 2.32. The maximum absolute atomic E-state index is 12.3. The number of anilines is 1. The van der Waals surface area contributed by atoms with E-state index in [0.717, 1.165) is 25.3 Å². The molecule has 3 heterocycles. The Morgan fingerprint density at radius 3 is 2.54 bits per heavy atom. The molecule has 2 aliphatic heterocycles. The lowest BCUT2D eigenvalue weighted by molar-refractivity contribution is 0.449. The van der Waals surface area contributed by atoms with Crippen molar-refractivity contribution in [3.63, 3.8) is 0 Å². The molecule has 0 spiro atoms. The number of pyridine rings is 1. The number of benzene rings is 1. The van der Waals surface area contributed by atoms with Gasteiger partial charge < -0.3 is 9.80 Å². The number of aromatic nitrogens is 1. The van der Waals surface area contributed by atoms with Crippen molar-refractivity contribution >= 4 is 21.7 Å². The molecule has 0 unspecified atom stereocenters. The van der Waals surface area contributed by atoms with Gasteiger partial charge in [0.15, 0.2) is 5.84 Å². The van der Waals surface area contributed by atoms with E-state index in [1.165, 1.54) is 0 Å². The second-order valence-corrected chi connectivity index (χ2v) is 7.80. The molecule has 0 saturated carbocycles. The first-order valence-corrected chi connectivity index (χ1v) is 9.83. The summed E-state index contributed by atoms with van der Waals surface area (Å²) >= 11 is 0. The molecule has 7 nitrogen and oxygen atoms in total. The van der Waals surface area contributed by atoms with Crippen molar-refractivity contribution in [1.29, 1.82) is 5.26 Å². The van der Waals surface area contributed by atoms with Crippen LogP contribution in [0.4, 0.5) is 5.82 Å². The van der Waals surface area contributed by atoms with Gasteiger partial charge in [0.2, 0.25) is 0 Å². The Hall–Kier alpha value is -2.92. The van der Waals surface area contributed by atoms with Crippen molar-refractivity contribution in [2.24, 2.45) is 4.40 Å². The lowest BCUT2D eigenvalue weighted by atomic mass is 10.2. The van der Waals surface area contributed by atoms with Gasteiger partial charge in [-0.2, -0.15) is 13.7 Å². The van der Waals surface area contributed by atoms with E-state index in [9.17, 15) is 8.42 Å². The quantitative estimate of drug-likeness (QED) is 0.761. The van der Waals surface area contributed by atoms with Crippen LogP contribution in [0.1, 0.15) is 17.5 Å². The van der Waals surface area contributed by atoms with Gasteiger partial charge in [-0.15, -0.1) is 4.40 Å². The Balaban J connectivity index is 1.55. The van der Waals surface area contributed by atoms with Gasteiger partial charge >= 0.3 is 0 Å². The average Bonchev–Trinajstić information content (AvgIpc) is 2.81. The van der Waals surface area contributed by atoms with Gasteiger partial charge in [0, 0.05) is 37.9 Å². The summed E-state index contributed by atoms with van der Waals surface area (Å²) in [6, 6.07) is 12.6. The molecule has 1 aromatic carbocycles. The fourth-order valence-corrected chi connectivity index (χ4v) is 4.54. The summed E-state index contributed by atoms with van der Waals surface area (Å²) in [6.07, 6.45) is 2.44. The molecule has 0 aliphatic carbocycles.